The molecule has 0 radical (unpaired) electrons. The largest absolute Gasteiger partial charge is 0.261 e. The summed E-state index contributed by atoms with van der Waals surface area (Å²) in [5.74, 6) is 2.58. The van der Waals surface area contributed by atoms with Gasteiger partial charge in [0.2, 0.25) is 0 Å². The van der Waals surface area contributed by atoms with E-state index in [0.29, 0.717) is 5.69 Å². The van der Waals surface area contributed by atoms with Crippen molar-refractivity contribution in [2.24, 2.45) is 0 Å². The van der Waals surface area contributed by atoms with Crippen molar-refractivity contribution in [3.63, 3.8) is 0 Å². The molecule has 0 spiro atoms. The molecule has 2 heterocycles. The van der Waals surface area contributed by atoms with Crippen LogP contribution < -0.4 is 0 Å². The molecule has 72 valence electrons. The maximum Gasteiger partial charge on any atom is 0.120 e. The van der Waals surface area contributed by atoms with E-state index in [2.05, 4.69) is 15.9 Å². The van der Waals surface area contributed by atoms with E-state index in [4.69, 9.17) is 6.42 Å². The van der Waals surface area contributed by atoms with Gasteiger partial charge in [-0.15, -0.1) is 6.42 Å². The molecule has 0 aliphatic rings. The Kier molecular flexibility index (Phi) is 2.47. The van der Waals surface area contributed by atoms with Crippen molar-refractivity contribution in [1.29, 1.82) is 0 Å². The third-order valence-corrected chi connectivity index (χ3v) is 2.24. The molecule has 2 nitrogen and oxygen atoms in total. The number of aromatic nitrogens is 2. The van der Waals surface area contributed by atoms with Gasteiger partial charge < -0.3 is 0 Å². The third-order valence-electron chi connectivity index (χ3n) is 2.24. The van der Waals surface area contributed by atoms with Crippen molar-refractivity contribution in [2.45, 2.75) is 6.92 Å². The molecule has 0 saturated carbocycles. The molecular formula is C13H10N2. The molecule has 2 aromatic heterocycles. The number of nitrogens with zero attached hydrogens (tertiary/aromatic N) is 2. The first-order valence-electron chi connectivity index (χ1n) is 4.66. The number of rotatable bonds is 1. The zero-order chi connectivity index (χ0) is 10.7. The Morgan fingerprint density at radius 3 is 2.40 bits per heavy atom. The topological polar surface area (TPSA) is 25.8 Å². The summed E-state index contributed by atoms with van der Waals surface area (Å²) in [4.78, 5) is 8.39. The van der Waals surface area contributed by atoms with Crippen LogP contribution in [0.3, 0.4) is 0 Å². The second-order valence-electron chi connectivity index (χ2n) is 3.18. The average Bonchev–Trinajstić information content (AvgIpc) is 2.30. The van der Waals surface area contributed by atoms with Gasteiger partial charge in [0, 0.05) is 29.2 Å². The van der Waals surface area contributed by atoms with Gasteiger partial charge in [-0.05, 0) is 31.0 Å². The van der Waals surface area contributed by atoms with Crippen molar-refractivity contribution < 1.29 is 0 Å². The molecule has 0 saturated heterocycles. The molecule has 0 aliphatic carbocycles. The van der Waals surface area contributed by atoms with Gasteiger partial charge in [-0.2, -0.15) is 0 Å². The maximum atomic E-state index is 5.41. The van der Waals surface area contributed by atoms with Crippen molar-refractivity contribution >= 4 is 0 Å². The Bertz CT molecular complexity index is 524. The van der Waals surface area contributed by atoms with Crippen molar-refractivity contribution in [3.8, 4) is 23.5 Å². The smallest absolute Gasteiger partial charge is 0.120 e. The third kappa shape index (κ3) is 1.72. The lowest BCUT2D eigenvalue weighted by molar-refractivity contribution is 1.19. The van der Waals surface area contributed by atoms with Gasteiger partial charge in [0.25, 0.3) is 0 Å². The lowest BCUT2D eigenvalue weighted by atomic mass is 10.0. The molecule has 15 heavy (non-hydrogen) atoms. The van der Waals surface area contributed by atoms with E-state index >= 15 is 0 Å². The highest BCUT2D eigenvalue weighted by Crippen LogP contribution is 2.23. The number of terminal acetylenes is 1. The predicted octanol–water partition coefficient (Wildman–Crippen LogP) is 2.43. The Morgan fingerprint density at radius 2 is 1.73 bits per heavy atom. The fourth-order valence-electron chi connectivity index (χ4n) is 1.51. The van der Waals surface area contributed by atoms with Crippen LogP contribution in [0.15, 0.2) is 36.7 Å². The highest BCUT2D eigenvalue weighted by Gasteiger charge is 2.06. The van der Waals surface area contributed by atoms with Gasteiger partial charge in [0.1, 0.15) is 5.69 Å². The molecule has 0 amide bonds. The summed E-state index contributed by atoms with van der Waals surface area (Å²) in [6.07, 6.45) is 8.87. The second-order valence-corrected chi connectivity index (χ2v) is 3.18. The molecule has 0 atom stereocenters. The van der Waals surface area contributed by atoms with Crippen LogP contribution in [0, 0.1) is 19.3 Å². The monoisotopic (exact) mass is 194 g/mol. The molecule has 0 unspecified atom stereocenters. The maximum absolute atomic E-state index is 5.41. The van der Waals surface area contributed by atoms with Crippen LogP contribution in [0.1, 0.15) is 11.4 Å². The Hall–Kier alpha value is -2.14. The Balaban J connectivity index is 2.65. The standard InChI is InChI=1S/C13H10N2/c1-3-13-12(7-5-9-15-13)11-6-4-8-14-10(11)2/h1,4-9H,2H3. The molecule has 0 aromatic carbocycles. The average molecular weight is 194 g/mol. The molecule has 2 rings (SSSR count). The first-order valence-corrected chi connectivity index (χ1v) is 4.66. The summed E-state index contributed by atoms with van der Waals surface area (Å²) in [5, 5.41) is 0. The van der Waals surface area contributed by atoms with Crippen LogP contribution in [0.4, 0.5) is 0 Å². The van der Waals surface area contributed by atoms with Crippen molar-refractivity contribution in [3.05, 3.63) is 48.0 Å². The van der Waals surface area contributed by atoms with E-state index in [1.165, 1.54) is 0 Å². The number of aryl methyl sites for hydroxylation is 1. The summed E-state index contributed by atoms with van der Waals surface area (Å²) in [7, 11) is 0. The van der Waals surface area contributed by atoms with Gasteiger partial charge in [-0.25, -0.2) is 4.98 Å². The molecule has 0 aliphatic heterocycles. The fourth-order valence-corrected chi connectivity index (χ4v) is 1.51. The highest BCUT2D eigenvalue weighted by atomic mass is 14.7. The van der Waals surface area contributed by atoms with Gasteiger partial charge in [0.15, 0.2) is 0 Å². The van der Waals surface area contributed by atoms with E-state index in [1.807, 2.05) is 31.2 Å². The summed E-state index contributed by atoms with van der Waals surface area (Å²) in [6, 6.07) is 7.74. The lowest BCUT2D eigenvalue weighted by Crippen LogP contribution is -1.91. The number of hydrogen-bond donors (Lipinski definition) is 0. The highest BCUT2D eigenvalue weighted by molar-refractivity contribution is 5.70. The summed E-state index contributed by atoms with van der Waals surface area (Å²) >= 11 is 0. The first-order chi connectivity index (χ1) is 7.33. The normalized spacial score (nSPS) is 9.60. The quantitative estimate of drug-likeness (QED) is 0.651. The first kappa shape index (κ1) is 9.42. The molecular weight excluding hydrogens is 184 g/mol. The van der Waals surface area contributed by atoms with Gasteiger partial charge in [-0.1, -0.05) is 6.07 Å². The van der Waals surface area contributed by atoms with Crippen LogP contribution >= 0.6 is 0 Å². The minimum atomic E-state index is 0.661. The molecule has 2 aromatic rings. The Morgan fingerprint density at radius 1 is 1.07 bits per heavy atom. The van der Waals surface area contributed by atoms with Gasteiger partial charge in [-0.3, -0.25) is 4.98 Å². The van der Waals surface area contributed by atoms with Gasteiger partial charge >= 0.3 is 0 Å². The van der Waals surface area contributed by atoms with Crippen LogP contribution in [-0.4, -0.2) is 9.97 Å². The number of hydrogen-bond acceptors (Lipinski definition) is 2. The lowest BCUT2D eigenvalue weighted by Gasteiger charge is -2.05. The van der Waals surface area contributed by atoms with Crippen LogP contribution in [0.5, 0.6) is 0 Å². The van der Waals surface area contributed by atoms with Crippen LogP contribution in [0.2, 0.25) is 0 Å². The minimum absolute atomic E-state index is 0.661. The predicted molar refractivity (Wildman–Crippen MR) is 60.1 cm³/mol. The SMILES string of the molecule is C#Cc1ncccc1-c1cccnc1C. The van der Waals surface area contributed by atoms with E-state index in [-0.39, 0.29) is 0 Å². The van der Waals surface area contributed by atoms with Crippen LogP contribution in [0.25, 0.3) is 11.1 Å². The second kappa shape index (κ2) is 3.93. The van der Waals surface area contributed by atoms with E-state index < -0.39 is 0 Å². The molecule has 0 fully saturated rings. The minimum Gasteiger partial charge on any atom is -0.261 e. The van der Waals surface area contributed by atoms with E-state index in [0.717, 1.165) is 16.8 Å². The zero-order valence-corrected chi connectivity index (χ0v) is 8.44. The molecule has 0 N–H and O–H groups in total. The van der Waals surface area contributed by atoms with Crippen molar-refractivity contribution in [2.75, 3.05) is 0 Å². The van der Waals surface area contributed by atoms with E-state index in [1.54, 1.807) is 12.4 Å². The van der Waals surface area contributed by atoms with Crippen LogP contribution in [-0.2, 0) is 0 Å². The zero-order valence-electron chi connectivity index (χ0n) is 8.44. The summed E-state index contributed by atoms with van der Waals surface area (Å²) in [6.45, 7) is 1.96. The Labute approximate surface area is 89.0 Å². The van der Waals surface area contributed by atoms with E-state index in [9.17, 15) is 0 Å². The van der Waals surface area contributed by atoms with Gasteiger partial charge in [0.05, 0.1) is 0 Å². The summed E-state index contributed by atoms with van der Waals surface area (Å²) in [5.41, 5.74) is 3.62. The number of pyridine rings is 2. The summed E-state index contributed by atoms with van der Waals surface area (Å²) < 4.78 is 0. The molecule has 0 bridgehead atoms. The molecule has 2 heteroatoms. The van der Waals surface area contributed by atoms with Crippen molar-refractivity contribution in [1.82, 2.24) is 9.97 Å². The fraction of sp³-hybridized carbons (Fsp3) is 0.0769.